The Morgan fingerprint density at radius 3 is 2.69 bits per heavy atom. The lowest BCUT2D eigenvalue weighted by Gasteiger charge is -2.02. The molecule has 0 aromatic carbocycles. The molecular weight excluding hydrogens is 166 g/mol. The van der Waals surface area contributed by atoms with E-state index in [-0.39, 0.29) is 17.3 Å². The molecule has 0 aliphatic carbocycles. The first-order chi connectivity index (χ1) is 6.09. The van der Waals surface area contributed by atoms with Crippen LogP contribution in [0.5, 0.6) is 0 Å². The molecule has 0 unspecified atom stereocenters. The lowest BCUT2D eigenvalue weighted by Crippen LogP contribution is -2.14. The van der Waals surface area contributed by atoms with Gasteiger partial charge in [0.25, 0.3) is 0 Å². The van der Waals surface area contributed by atoms with Gasteiger partial charge >= 0.3 is 0 Å². The molecule has 0 bridgehead atoms. The Hall–Kier alpha value is -1.38. The lowest BCUT2D eigenvalue weighted by atomic mass is 10.0. The molecule has 1 heterocycles. The highest BCUT2D eigenvalue weighted by atomic mass is 16.1. The zero-order valence-corrected chi connectivity index (χ0v) is 7.83. The fourth-order valence-corrected chi connectivity index (χ4v) is 0.988. The zero-order chi connectivity index (χ0) is 9.84. The summed E-state index contributed by atoms with van der Waals surface area (Å²) in [6, 6.07) is 4.84. The number of nitrogens with one attached hydrogen (secondary N) is 1. The fraction of sp³-hybridized carbons (Fsp3) is 0.400. The molecule has 0 saturated carbocycles. The van der Waals surface area contributed by atoms with E-state index in [1.165, 1.54) is 6.07 Å². The third-order valence-electron chi connectivity index (χ3n) is 1.84. The second-order valence-corrected chi connectivity index (χ2v) is 3.34. The molecule has 0 radical (unpaired) electrons. The van der Waals surface area contributed by atoms with Crippen LogP contribution in [0.1, 0.15) is 19.5 Å². The van der Waals surface area contributed by atoms with E-state index >= 15 is 0 Å². The van der Waals surface area contributed by atoms with Crippen LogP contribution in [0.3, 0.4) is 0 Å². The molecule has 13 heavy (non-hydrogen) atoms. The van der Waals surface area contributed by atoms with Crippen molar-refractivity contribution in [1.82, 2.24) is 4.98 Å². The Morgan fingerprint density at radius 1 is 1.46 bits per heavy atom. The van der Waals surface area contributed by atoms with Gasteiger partial charge in [-0.25, -0.2) is 0 Å². The third kappa shape index (κ3) is 2.86. The van der Waals surface area contributed by atoms with Crippen molar-refractivity contribution >= 4 is 5.78 Å². The maximum atomic E-state index is 11.3. The molecule has 1 aromatic rings. The number of ketones is 1. The van der Waals surface area contributed by atoms with E-state index in [0.29, 0.717) is 12.1 Å². The van der Waals surface area contributed by atoms with Gasteiger partial charge in [0.1, 0.15) is 5.78 Å². The van der Waals surface area contributed by atoms with Gasteiger partial charge in [0.05, 0.1) is 0 Å². The van der Waals surface area contributed by atoms with Crippen LogP contribution in [0, 0.1) is 5.92 Å². The van der Waals surface area contributed by atoms with Gasteiger partial charge in [-0.3, -0.25) is 9.59 Å². The summed E-state index contributed by atoms with van der Waals surface area (Å²) in [4.78, 5) is 24.8. The average molecular weight is 179 g/mol. The van der Waals surface area contributed by atoms with Crippen LogP contribution >= 0.6 is 0 Å². The van der Waals surface area contributed by atoms with Gasteiger partial charge in [0.2, 0.25) is 5.56 Å². The zero-order valence-electron chi connectivity index (χ0n) is 7.83. The number of H-pyrrole nitrogens is 1. The first-order valence-electron chi connectivity index (χ1n) is 4.30. The van der Waals surface area contributed by atoms with Gasteiger partial charge in [0.15, 0.2) is 0 Å². The topological polar surface area (TPSA) is 49.9 Å². The molecule has 0 saturated heterocycles. The molecule has 1 rings (SSSR count). The van der Waals surface area contributed by atoms with Gasteiger partial charge in [-0.15, -0.1) is 0 Å². The van der Waals surface area contributed by atoms with Gasteiger partial charge < -0.3 is 4.98 Å². The normalized spacial score (nSPS) is 10.4. The van der Waals surface area contributed by atoms with Crippen LogP contribution < -0.4 is 5.56 Å². The van der Waals surface area contributed by atoms with Crippen LogP contribution in [0.4, 0.5) is 0 Å². The largest absolute Gasteiger partial charge is 0.326 e. The molecule has 0 fully saturated rings. The summed E-state index contributed by atoms with van der Waals surface area (Å²) >= 11 is 0. The minimum absolute atomic E-state index is 0.0173. The monoisotopic (exact) mass is 179 g/mol. The molecule has 1 aromatic heterocycles. The summed E-state index contributed by atoms with van der Waals surface area (Å²) < 4.78 is 0. The van der Waals surface area contributed by atoms with E-state index in [0.717, 1.165) is 0 Å². The molecule has 0 spiro atoms. The molecule has 70 valence electrons. The van der Waals surface area contributed by atoms with Crippen LogP contribution in [-0.4, -0.2) is 10.8 Å². The van der Waals surface area contributed by atoms with E-state index in [2.05, 4.69) is 4.98 Å². The minimum atomic E-state index is -0.158. The Morgan fingerprint density at radius 2 is 2.15 bits per heavy atom. The predicted octanol–water partition coefficient (Wildman–Crippen LogP) is 1.14. The first-order valence-corrected chi connectivity index (χ1v) is 4.30. The number of rotatable bonds is 3. The van der Waals surface area contributed by atoms with Crippen LogP contribution in [-0.2, 0) is 11.2 Å². The minimum Gasteiger partial charge on any atom is -0.326 e. The van der Waals surface area contributed by atoms with Gasteiger partial charge in [-0.2, -0.15) is 0 Å². The molecule has 1 N–H and O–H groups in total. The summed E-state index contributed by atoms with van der Waals surface area (Å²) in [6.45, 7) is 3.70. The van der Waals surface area contributed by atoms with Crippen molar-refractivity contribution in [3.05, 3.63) is 34.2 Å². The Balaban J connectivity index is 2.75. The summed E-state index contributed by atoms with van der Waals surface area (Å²) in [7, 11) is 0. The number of carbonyl (C=O) groups excluding carboxylic acids is 1. The van der Waals surface area contributed by atoms with Gasteiger partial charge in [-0.05, 0) is 6.07 Å². The van der Waals surface area contributed by atoms with Crippen molar-refractivity contribution in [2.75, 3.05) is 0 Å². The second kappa shape index (κ2) is 4.03. The smallest absolute Gasteiger partial charge is 0.248 e. The molecule has 3 nitrogen and oxygen atoms in total. The summed E-state index contributed by atoms with van der Waals surface area (Å²) in [5.74, 6) is 0.158. The molecule has 0 aliphatic heterocycles. The van der Waals surface area contributed by atoms with Gasteiger partial charge in [-0.1, -0.05) is 19.9 Å². The number of aromatic amines is 1. The number of aromatic nitrogens is 1. The van der Waals surface area contributed by atoms with E-state index < -0.39 is 0 Å². The van der Waals surface area contributed by atoms with Crippen molar-refractivity contribution in [1.29, 1.82) is 0 Å². The Kier molecular flexibility index (Phi) is 3.01. The summed E-state index contributed by atoms with van der Waals surface area (Å²) in [5, 5.41) is 0. The van der Waals surface area contributed by atoms with Crippen molar-refractivity contribution in [3.63, 3.8) is 0 Å². The molecular formula is C10H13NO2. The number of hydrogen-bond acceptors (Lipinski definition) is 2. The lowest BCUT2D eigenvalue weighted by molar-refractivity contribution is -0.121. The fourth-order valence-electron chi connectivity index (χ4n) is 0.988. The van der Waals surface area contributed by atoms with E-state index in [4.69, 9.17) is 0 Å². The van der Waals surface area contributed by atoms with Crippen molar-refractivity contribution in [3.8, 4) is 0 Å². The molecule has 0 amide bonds. The van der Waals surface area contributed by atoms with Crippen molar-refractivity contribution in [2.45, 2.75) is 20.3 Å². The first kappa shape index (κ1) is 9.71. The third-order valence-corrected chi connectivity index (χ3v) is 1.84. The van der Waals surface area contributed by atoms with Crippen LogP contribution in [0.15, 0.2) is 23.0 Å². The quantitative estimate of drug-likeness (QED) is 0.756. The maximum absolute atomic E-state index is 11.3. The maximum Gasteiger partial charge on any atom is 0.248 e. The van der Waals surface area contributed by atoms with Gasteiger partial charge in [0, 0.05) is 24.1 Å². The van der Waals surface area contributed by atoms with Crippen LogP contribution in [0.25, 0.3) is 0 Å². The molecule has 0 aliphatic rings. The number of hydrogen-bond donors (Lipinski definition) is 1. The highest BCUT2D eigenvalue weighted by Crippen LogP contribution is 2.00. The Bertz CT molecular complexity index is 352. The molecule has 0 atom stereocenters. The second-order valence-electron chi connectivity index (χ2n) is 3.34. The van der Waals surface area contributed by atoms with Crippen LogP contribution in [0.2, 0.25) is 0 Å². The number of pyridine rings is 1. The van der Waals surface area contributed by atoms with Crippen molar-refractivity contribution in [2.24, 2.45) is 5.92 Å². The SMILES string of the molecule is CC(C)C(=O)Cc1cccc(=O)[nH]1. The van der Waals surface area contributed by atoms with E-state index in [1.54, 1.807) is 12.1 Å². The van der Waals surface area contributed by atoms with Crippen molar-refractivity contribution < 1.29 is 4.79 Å². The standard InChI is InChI=1S/C10H13NO2/c1-7(2)9(12)6-8-4-3-5-10(13)11-8/h3-5,7H,6H2,1-2H3,(H,11,13). The van der Waals surface area contributed by atoms with E-state index in [9.17, 15) is 9.59 Å². The summed E-state index contributed by atoms with van der Waals surface area (Å²) in [5.41, 5.74) is 0.528. The average Bonchev–Trinajstić information content (AvgIpc) is 2.04. The highest BCUT2D eigenvalue weighted by Gasteiger charge is 2.07. The predicted molar refractivity (Wildman–Crippen MR) is 50.6 cm³/mol. The summed E-state index contributed by atoms with van der Waals surface area (Å²) in [6.07, 6.45) is 0.313. The Labute approximate surface area is 76.8 Å². The number of carbonyl (C=O) groups is 1. The number of Topliss-reactive ketones (excluding diaryl/α,β-unsaturated/α-hetero) is 1. The van der Waals surface area contributed by atoms with E-state index in [1.807, 2.05) is 13.8 Å². The highest BCUT2D eigenvalue weighted by molar-refractivity contribution is 5.82. The molecule has 3 heteroatoms.